The number of aromatic amines is 1. The molecule has 0 bridgehead atoms. The molecule has 0 saturated carbocycles. The number of hydrogen-bond acceptors (Lipinski definition) is 3. The van der Waals surface area contributed by atoms with Gasteiger partial charge in [0.25, 0.3) is 0 Å². The third-order valence-electron chi connectivity index (χ3n) is 2.17. The first kappa shape index (κ1) is 12.1. The van der Waals surface area contributed by atoms with Gasteiger partial charge in [-0.3, -0.25) is 9.59 Å². The highest BCUT2D eigenvalue weighted by atomic mass is 16.2. The van der Waals surface area contributed by atoms with Gasteiger partial charge in [-0.05, 0) is 11.6 Å². The molecule has 1 aromatic carbocycles. The van der Waals surface area contributed by atoms with Gasteiger partial charge in [-0.15, -0.1) is 0 Å². The fraction of sp³-hybridized carbons (Fsp3) is 0.167. The second-order valence-corrected chi connectivity index (χ2v) is 3.12. The van der Waals surface area contributed by atoms with Crippen molar-refractivity contribution in [2.24, 2.45) is 0 Å². The van der Waals surface area contributed by atoms with Crippen molar-refractivity contribution >= 4 is 23.0 Å². The first-order valence-electron chi connectivity index (χ1n) is 4.79. The average molecular weight is 219 g/mol. The van der Waals surface area contributed by atoms with Gasteiger partial charge in [0, 0.05) is 30.6 Å². The van der Waals surface area contributed by atoms with Gasteiger partial charge < -0.3 is 10.1 Å². The smallest absolute Gasteiger partial charge is 0.199 e. The van der Waals surface area contributed by atoms with Crippen LogP contribution in [0.3, 0.4) is 0 Å². The van der Waals surface area contributed by atoms with Crippen molar-refractivity contribution in [1.82, 2.24) is 4.98 Å². The summed E-state index contributed by atoms with van der Waals surface area (Å²) < 4.78 is 0. The summed E-state index contributed by atoms with van der Waals surface area (Å²) in [7, 11) is 1.00. The number of aliphatic hydroxyl groups excluding tert-OH is 1. The molecule has 0 radical (unpaired) electrons. The number of benzene rings is 1. The number of ketones is 1. The molecule has 1 heterocycles. The molecule has 0 unspecified atom stereocenters. The Morgan fingerprint density at radius 3 is 2.75 bits per heavy atom. The van der Waals surface area contributed by atoms with Crippen molar-refractivity contribution in [2.45, 2.75) is 6.42 Å². The van der Waals surface area contributed by atoms with E-state index >= 15 is 0 Å². The Labute approximate surface area is 92.9 Å². The largest absolute Gasteiger partial charge is 0.400 e. The third kappa shape index (κ3) is 2.55. The third-order valence-corrected chi connectivity index (χ3v) is 2.17. The van der Waals surface area contributed by atoms with Gasteiger partial charge in [0.2, 0.25) is 0 Å². The van der Waals surface area contributed by atoms with Gasteiger partial charge in [-0.1, -0.05) is 18.2 Å². The zero-order valence-corrected chi connectivity index (χ0v) is 8.93. The van der Waals surface area contributed by atoms with E-state index < -0.39 is 5.78 Å². The maximum absolute atomic E-state index is 10.9. The number of aromatic nitrogens is 1. The SMILES string of the molecule is CO.O=CC(=O)Cc1c[nH]c2ccccc12. The molecule has 84 valence electrons. The first-order valence-corrected chi connectivity index (χ1v) is 4.79. The van der Waals surface area contributed by atoms with Crippen LogP contribution in [0.5, 0.6) is 0 Å². The summed E-state index contributed by atoms with van der Waals surface area (Å²) in [5.74, 6) is -0.394. The lowest BCUT2D eigenvalue weighted by atomic mass is 10.1. The fourth-order valence-corrected chi connectivity index (χ4v) is 1.51. The molecule has 0 fully saturated rings. The molecule has 0 saturated heterocycles. The molecule has 16 heavy (non-hydrogen) atoms. The van der Waals surface area contributed by atoms with Crippen LogP contribution < -0.4 is 0 Å². The number of aliphatic hydroxyl groups is 1. The number of hydrogen-bond donors (Lipinski definition) is 2. The van der Waals surface area contributed by atoms with Crippen LogP contribution in [0.4, 0.5) is 0 Å². The predicted molar refractivity (Wildman–Crippen MR) is 61.2 cm³/mol. The number of Topliss-reactive ketones (excluding diaryl/α,β-unsaturated/α-hetero) is 1. The molecule has 0 atom stereocenters. The Hall–Kier alpha value is -1.94. The van der Waals surface area contributed by atoms with E-state index in [2.05, 4.69) is 4.98 Å². The average Bonchev–Trinajstić information content (AvgIpc) is 2.75. The monoisotopic (exact) mass is 219 g/mol. The highest BCUT2D eigenvalue weighted by Crippen LogP contribution is 2.17. The molecule has 2 N–H and O–H groups in total. The van der Waals surface area contributed by atoms with E-state index in [-0.39, 0.29) is 6.42 Å². The molecule has 4 nitrogen and oxygen atoms in total. The molecule has 0 aliphatic heterocycles. The predicted octanol–water partition coefficient (Wildman–Crippen LogP) is 1.09. The summed E-state index contributed by atoms with van der Waals surface area (Å²) in [5, 5.41) is 8.00. The zero-order chi connectivity index (χ0) is 12.0. The Bertz CT molecular complexity index is 488. The van der Waals surface area contributed by atoms with Crippen LogP contribution in [-0.2, 0) is 16.0 Å². The van der Waals surface area contributed by atoms with E-state index in [9.17, 15) is 9.59 Å². The molecule has 1 aromatic heterocycles. The van der Waals surface area contributed by atoms with Crippen LogP contribution in [0, 0.1) is 0 Å². The summed E-state index contributed by atoms with van der Waals surface area (Å²) in [6, 6.07) is 7.69. The number of carbonyl (C=O) groups is 2. The lowest BCUT2D eigenvalue weighted by Crippen LogP contribution is -2.02. The van der Waals surface area contributed by atoms with Crippen molar-refractivity contribution in [2.75, 3.05) is 7.11 Å². The molecule has 0 amide bonds. The van der Waals surface area contributed by atoms with Gasteiger partial charge >= 0.3 is 0 Å². The minimum Gasteiger partial charge on any atom is -0.400 e. The van der Waals surface area contributed by atoms with Crippen molar-refractivity contribution in [3.8, 4) is 0 Å². The number of H-pyrrole nitrogens is 1. The second-order valence-electron chi connectivity index (χ2n) is 3.12. The quantitative estimate of drug-likeness (QED) is 0.599. The molecule has 0 aliphatic rings. The number of carbonyl (C=O) groups excluding carboxylic acids is 2. The maximum atomic E-state index is 10.9. The first-order chi connectivity index (χ1) is 7.81. The standard InChI is InChI=1S/C11H9NO2.CH4O/c13-7-9(14)5-8-6-12-11-4-2-1-3-10(8)11;1-2/h1-4,6-7,12H,5H2;2H,1H3. The van der Waals surface area contributed by atoms with Gasteiger partial charge in [0.05, 0.1) is 0 Å². The van der Waals surface area contributed by atoms with E-state index in [4.69, 9.17) is 5.11 Å². The molecule has 0 aliphatic carbocycles. The van der Waals surface area contributed by atoms with Crippen LogP contribution in [0.15, 0.2) is 30.5 Å². The van der Waals surface area contributed by atoms with Crippen LogP contribution in [0.25, 0.3) is 10.9 Å². The van der Waals surface area contributed by atoms with E-state index in [1.54, 1.807) is 6.20 Å². The summed E-state index contributed by atoms with van der Waals surface area (Å²) in [5.41, 5.74) is 1.86. The van der Waals surface area contributed by atoms with Crippen LogP contribution in [0.2, 0.25) is 0 Å². The van der Waals surface area contributed by atoms with E-state index in [1.165, 1.54) is 0 Å². The van der Waals surface area contributed by atoms with E-state index in [0.29, 0.717) is 6.29 Å². The molecule has 2 aromatic rings. The highest BCUT2D eigenvalue weighted by molar-refractivity contribution is 6.25. The Balaban J connectivity index is 0.000000606. The normalized spacial score (nSPS) is 9.38. The minimum absolute atomic E-state index is 0.174. The minimum atomic E-state index is -0.394. The molecular formula is C12H13NO3. The summed E-state index contributed by atoms with van der Waals surface area (Å²) in [4.78, 5) is 24.2. The second kappa shape index (κ2) is 5.82. The van der Waals surface area contributed by atoms with Crippen LogP contribution >= 0.6 is 0 Å². The van der Waals surface area contributed by atoms with Crippen molar-refractivity contribution in [3.05, 3.63) is 36.0 Å². The van der Waals surface area contributed by atoms with Crippen LogP contribution in [-0.4, -0.2) is 29.3 Å². The van der Waals surface area contributed by atoms with Crippen molar-refractivity contribution < 1.29 is 14.7 Å². The molecular weight excluding hydrogens is 206 g/mol. The molecule has 2 rings (SSSR count). The van der Waals surface area contributed by atoms with Crippen molar-refractivity contribution in [1.29, 1.82) is 0 Å². The van der Waals surface area contributed by atoms with E-state index in [1.807, 2.05) is 24.3 Å². The lowest BCUT2D eigenvalue weighted by Gasteiger charge is -1.93. The lowest BCUT2D eigenvalue weighted by molar-refractivity contribution is -0.129. The van der Waals surface area contributed by atoms with Gasteiger partial charge in [0.15, 0.2) is 12.1 Å². The Kier molecular flexibility index (Phi) is 4.42. The summed E-state index contributed by atoms with van der Waals surface area (Å²) >= 11 is 0. The van der Waals surface area contributed by atoms with Gasteiger partial charge in [-0.2, -0.15) is 0 Å². The number of fused-ring (bicyclic) bond motifs is 1. The van der Waals surface area contributed by atoms with Gasteiger partial charge in [0.1, 0.15) is 0 Å². The van der Waals surface area contributed by atoms with E-state index in [0.717, 1.165) is 23.6 Å². The number of para-hydroxylation sites is 1. The van der Waals surface area contributed by atoms with Gasteiger partial charge in [-0.25, -0.2) is 0 Å². The van der Waals surface area contributed by atoms with Crippen LogP contribution in [0.1, 0.15) is 5.56 Å². The zero-order valence-electron chi connectivity index (χ0n) is 8.93. The molecule has 4 heteroatoms. The summed E-state index contributed by atoms with van der Waals surface area (Å²) in [6.07, 6.45) is 2.31. The number of nitrogens with one attached hydrogen (secondary N) is 1. The van der Waals surface area contributed by atoms with Crippen molar-refractivity contribution in [3.63, 3.8) is 0 Å². The summed E-state index contributed by atoms with van der Waals surface area (Å²) in [6.45, 7) is 0. The number of aldehydes is 1. The molecule has 0 spiro atoms. The Morgan fingerprint density at radius 2 is 2.06 bits per heavy atom. The number of rotatable bonds is 3. The highest BCUT2D eigenvalue weighted by Gasteiger charge is 2.06. The maximum Gasteiger partial charge on any atom is 0.199 e. The fourth-order valence-electron chi connectivity index (χ4n) is 1.51. The Morgan fingerprint density at radius 1 is 1.38 bits per heavy atom. The topological polar surface area (TPSA) is 70.2 Å².